The Balaban J connectivity index is 1.83. The van der Waals surface area contributed by atoms with Crippen LogP contribution in [0, 0.1) is 0 Å². The van der Waals surface area contributed by atoms with Crippen molar-refractivity contribution in [1.82, 2.24) is 0 Å². The molecular weight excluding hydrogens is 692 g/mol. The molecule has 50 heavy (non-hydrogen) atoms. The fraction of sp³-hybridized carbons (Fsp3) is 0.294. The Morgan fingerprint density at radius 2 is 0.520 bits per heavy atom. The van der Waals surface area contributed by atoms with Crippen molar-refractivity contribution in [3.63, 3.8) is 0 Å². The van der Waals surface area contributed by atoms with Gasteiger partial charge in [0.05, 0.1) is 22.3 Å². The van der Waals surface area contributed by atoms with E-state index in [1.54, 1.807) is 0 Å². The summed E-state index contributed by atoms with van der Waals surface area (Å²) in [5.74, 6) is 0. The fourth-order valence-electron chi connectivity index (χ4n) is 7.06. The zero-order chi connectivity index (χ0) is 37.2. The van der Waals surface area contributed by atoms with Crippen LogP contribution in [0.25, 0.3) is 0 Å². The summed E-state index contributed by atoms with van der Waals surface area (Å²) < 4.78 is 168. The summed E-state index contributed by atoms with van der Waals surface area (Å²) in [5.41, 5.74) is 14.2. The monoisotopic (exact) mass is 720 g/mol. The fourth-order valence-corrected chi connectivity index (χ4v) is 7.06. The zero-order valence-corrected chi connectivity index (χ0v) is 25.6. The molecule has 0 saturated heterocycles. The van der Waals surface area contributed by atoms with Crippen molar-refractivity contribution in [1.29, 1.82) is 0 Å². The van der Waals surface area contributed by atoms with Crippen LogP contribution < -0.4 is 22.9 Å². The lowest BCUT2D eigenvalue weighted by molar-refractivity contribution is -0.138. The number of hydrogen-bond acceptors (Lipinski definition) is 4. The van der Waals surface area contributed by atoms with E-state index in [4.69, 9.17) is 22.9 Å². The molecule has 0 aromatic heterocycles. The van der Waals surface area contributed by atoms with E-state index in [1.165, 1.54) is 0 Å². The van der Waals surface area contributed by atoms with Crippen LogP contribution in [0.5, 0.6) is 0 Å². The van der Waals surface area contributed by atoms with Crippen LogP contribution in [0.3, 0.4) is 0 Å². The first-order valence-electron chi connectivity index (χ1n) is 14.8. The third-order valence-electron chi connectivity index (χ3n) is 9.54. The van der Waals surface area contributed by atoms with Crippen LogP contribution in [0.1, 0.15) is 70.2 Å². The summed E-state index contributed by atoms with van der Waals surface area (Å²) in [6.45, 7) is 0. The second kappa shape index (κ2) is 11.9. The lowest BCUT2D eigenvalue weighted by Crippen LogP contribution is -2.43. The normalized spacial score (nSPS) is 16.7. The Kier molecular flexibility index (Phi) is 8.72. The van der Waals surface area contributed by atoms with Gasteiger partial charge >= 0.3 is 24.7 Å². The Hall–Kier alpha value is -4.76. The summed E-state index contributed by atoms with van der Waals surface area (Å²) in [4.78, 5) is 0. The largest absolute Gasteiger partial charge is 0.416 e. The van der Waals surface area contributed by atoms with Gasteiger partial charge in [0.1, 0.15) is 0 Å². The molecule has 1 aliphatic carbocycles. The molecule has 5 rings (SSSR count). The van der Waals surface area contributed by atoms with Gasteiger partial charge in [0.25, 0.3) is 0 Å². The zero-order valence-electron chi connectivity index (χ0n) is 25.6. The van der Waals surface area contributed by atoms with Gasteiger partial charge in [0.15, 0.2) is 0 Å². The Labute approximate surface area is 277 Å². The van der Waals surface area contributed by atoms with Crippen molar-refractivity contribution in [3.05, 3.63) is 117 Å². The molecule has 0 bridgehead atoms. The van der Waals surface area contributed by atoms with E-state index in [0.717, 1.165) is 24.3 Å². The minimum atomic E-state index is -4.93. The van der Waals surface area contributed by atoms with E-state index in [1.807, 2.05) is 0 Å². The predicted octanol–water partition coefficient (Wildman–Crippen LogP) is 9.94. The molecule has 1 aliphatic rings. The number of hydrogen-bond donors (Lipinski definition) is 4. The van der Waals surface area contributed by atoms with Gasteiger partial charge in [-0.15, -0.1) is 0 Å². The van der Waals surface area contributed by atoms with Crippen molar-refractivity contribution in [2.24, 2.45) is 0 Å². The maximum absolute atomic E-state index is 14.0. The van der Waals surface area contributed by atoms with E-state index in [-0.39, 0.29) is 45.0 Å². The molecule has 1 saturated carbocycles. The summed E-state index contributed by atoms with van der Waals surface area (Å²) >= 11 is 0. The lowest BCUT2D eigenvalue weighted by atomic mass is 9.54. The van der Waals surface area contributed by atoms with Crippen LogP contribution in [-0.2, 0) is 35.5 Å². The van der Waals surface area contributed by atoms with Crippen LogP contribution in [0.4, 0.5) is 75.4 Å². The topological polar surface area (TPSA) is 104 Å². The van der Waals surface area contributed by atoms with Crippen LogP contribution in [-0.4, -0.2) is 0 Å². The molecule has 8 N–H and O–H groups in total. The van der Waals surface area contributed by atoms with E-state index in [9.17, 15) is 52.7 Å². The first-order chi connectivity index (χ1) is 22.9. The molecule has 0 radical (unpaired) electrons. The van der Waals surface area contributed by atoms with Gasteiger partial charge in [-0.05, 0) is 121 Å². The predicted molar refractivity (Wildman–Crippen MR) is 163 cm³/mol. The first kappa shape index (κ1) is 36.5. The second-order valence-corrected chi connectivity index (χ2v) is 12.4. The number of anilines is 4. The first-order valence-corrected chi connectivity index (χ1v) is 14.8. The minimum Gasteiger partial charge on any atom is -0.398 e. The molecule has 4 aromatic rings. The molecule has 268 valence electrons. The highest BCUT2D eigenvalue weighted by atomic mass is 19.4. The summed E-state index contributed by atoms with van der Waals surface area (Å²) in [7, 11) is 0. The summed E-state index contributed by atoms with van der Waals surface area (Å²) in [5, 5.41) is 0. The average Bonchev–Trinajstić information content (AvgIpc) is 3.00. The SMILES string of the molecule is Nc1ccc(C(F)(F)F)cc1C1(c2cc(C(F)(F)F)ccc2N)CCC(c2cc(C(F)(F)F)ccc2N)(c2cc(C(F)(F)F)ccc2N)CC1. The standard InChI is InChI=1S/C34H28F12N4/c35-31(36,37)17-1-5-25(47)21(13-17)29(22-14-18(32(38,39)40)2-6-26(22)48)9-11-30(12-10-29,23-15-19(33(41,42)43)3-7-27(23)49)24-16-20(34(44,45)46)4-8-28(24)50/h1-8,13-16H,9-12,47-50H2. The average molecular weight is 721 g/mol. The molecule has 4 aromatic carbocycles. The molecule has 0 spiro atoms. The molecule has 0 unspecified atom stereocenters. The molecule has 16 heteroatoms. The van der Waals surface area contributed by atoms with Gasteiger partial charge in [0, 0.05) is 33.6 Å². The van der Waals surface area contributed by atoms with Gasteiger partial charge in [-0.1, -0.05) is 0 Å². The van der Waals surface area contributed by atoms with E-state index in [0.29, 0.717) is 48.5 Å². The molecule has 1 fully saturated rings. The smallest absolute Gasteiger partial charge is 0.398 e. The van der Waals surface area contributed by atoms with Gasteiger partial charge < -0.3 is 22.9 Å². The van der Waals surface area contributed by atoms with Gasteiger partial charge in [0.2, 0.25) is 0 Å². The molecule has 0 atom stereocenters. The van der Waals surface area contributed by atoms with Crippen molar-refractivity contribution < 1.29 is 52.7 Å². The van der Waals surface area contributed by atoms with E-state index >= 15 is 0 Å². The number of halogens is 12. The highest BCUT2D eigenvalue weighted by Crippen LogP contribution is 2.59. The molecule has 0 aliphatic heterocycles. The van der Waals surface area contributed by atoms with Crippen LogP contribution >= 0.6 is 0 Å². The molecule has 0 heterocycles. The van der Waals surface area contributed by atoms with Gasteiger partial charge in [-0.2, -0.15) is 52.7 Å². The molecular formula is C34H28F12N4. The quantitative estimate of drug-likeness (QED) is 0.125. The third-order valence-corrected chi connectivity index (χ3v) is 9.54. The number of benzene rings is 4. The number of nitrogen functional groups attached to an aromatic ring is 4. The second-order valence-electron chi connectivity index (χ2n) is 12.4. The summed E-state index contributed by atoms with van der Waals surface area (Å²) in [6.07, 6.45) is -21.6. The van der Waals surface area contributed by atoms with Crippen molar-refractivity contribution in [3.8, 4) is 0 Å². The number of rotatable bonds is 4. The maximum Gasteiger partial charge on any atom is 0.416 e. The highest BCUT2D eigenvalue weighted by Gasteiger charge is 2.51. The Bertz CT molecular complexity index is 1650. The maximum atomic E-state index is 14.0. The Morgan fingerprint density at radius 1 is 0.340 bits per heavy atom. The third kappa shape index (κ3) is 6.47. The highest BCUT2D eigenvalue weighted by molar-refractivity contribution is 5.67. The van der Waals surface area contributed by atoms with Crippen molar-refractivity contribution in [2.45, 2.75) is 61.2 Å². The minimum absolute atomic E-state index is 0.264. The molecule has 4 nitrogen and oxygen atoms in total. The van der Waals surface area contributed by atoms with Crippen LogP contribution in [0.2, 0.25) is 0 Å². The van der Waals surface area contributed by atoms with Gasteiger partial charge in [-0.3, -0.25) is 0 Å². The Morgan fingerprint density at radius 3 is 0.680 bits per heavy atom. The summed E-state index contributed by atoms with van der Waals surface area (Å²) in [6, 6.07) is 9.01. The van der Waals surface area contributed by atoms with Crippen LogP contribution in [0.15, 0.2) is 72.8 Å². The van der Waals surface area contributed by atoms with E-state index < -0.39 is 83.5 Å². The van der Waals surface area contributed by atoms with Crippen molar-refractivity contribution in [2.75, 3.05) is 22.9 Å². The number of nitrogens with two attached hydrogens (primary N) is 4. The van der Waals surface area contributed by atoms with Crippen molar-refractivity contribution >= 4 is 22.7 Å². The number of alkyl halides is 12. The van der Waals surface area contributed by atoms with Gasteiger partial charge in [-0.25, -0.2) is 0 Å². The lowest BCUT2D eigenvalue weighted by Gasteiger charge is -2.49. The molecule has 0 amide bonds. The van der Waals surface area contributed by atoms with E-state index in [2.05, 4.69) is 0 Å².